The number of benzene rings is 1. The quantitative estimate of drug-likeness (QED) is 0.785. The molecule has 0 unspecified atom stereocenters. The maximum absolute atomic E-state index is 12.3. The van der Waals surface area contributed by atoms with Crippen molar-refractivity contribution in [1.29, 1.82) is 0 Å². The summed E-state index contributed by atoms with van der Waals surface area (Å²) in [6, 6.07) is 4.34. The minimum absolute atomic E-state index is 0.181. The average Bonchev–Trinajstić information content (AvgIpc) is 2.49. The third-order valence-corrected chi connectivity index (χ3v) is 3.96. The van der Waals surface area contributed by atoms with Crippen LogP contribution in [0.15, 0.2) is 18.2 Å². The highest BCUT2D eigenvalue weighted by atomic mass is 35.5. The van der Waals surface area contributed by atoms with Crippen molar-refractivity contribution in [2.24, 2.45) is 11.7 Å². The number of urea groups is 1. The summed E-state index contributed by atoms with van der Waals surface area (Å²) >= 11 is 6.07. The predicted octanol–water partition coefficient (Wildman–Crippen LogP) is 2.03. The van der Waals surface area contributed by atoms with Crippen LogP contribution in [0.3, 0.4) is 0 Å². The van der Waals surface area contributed by atoms with Gasteiger partial charge in [-0.25, -0.2) is 4.79 Å². The predicted molar refractivity (Wildman–Crippen MR) is 88.3 cm³/mol. The number of anilines is 2. The molecular formula is C15H19ClN4O3. The van der Waals surface area contributed by atoms with E-state index in [1.165, 1.54) is 11.8 Å². The Morgan fingerprint density at radius 3 is 2.65 bits per heavy atom. The fourth-order valence-electron chi connectivity index (χ4n) is 2.52. The lowest BCUT2D eigenvalue weighted by atomic mass is 9.97. The van der Waals surface area contributed by atoms with Crippen LogP contribution in [-0.4, -0.2) is 35.8 Å². The molecule has 1 heterocycles. The third-order valence-electron chi connectivity index (χ3n) is 3.65. The van der Waals surface area contributed by atoms with Crippen molar-refractivity contribution in [2.75, 3.05) is 23.7 Å². The Morgan fingerprint density at radius 1 is 1.30 bits per heavy atom. The molecule has 4 N–H and O–H groups in total. The molecule has 124 valence electrons. The molecule has 0 spiro atoms. The number of halogens is 1. The van der Waals surface area contributed by atoms with Gasteiger partial charge in [-0.1, -0.05) is 11.6 Å². The zero-order valence-corrected chi connectivity index (χ0v) is 13.5. The lowest BCUT2D eigenvalue weighted by Gasteiger charge is -2.30. The second-order valence-electron chi connectivity index (χ2n) is 5.49. The summed E-state index contributed by atoms with van der Waals surface area (Å²) in [5.41, 5.74) is 6.28. The summed E-state index contributed by atoms with van der Waals surface area (Å²) in [7, 11) is 0. The molecule has 1 atom stereocenters. The van der Waals surface area contributed by atoms with Gasteiger partial charge < -0.3 is 21.3 Å². The van der Waals surface area contributed by atoms with E-state index >= 15 is 0 Å². The maximum Gasteiger partial charge on any atom is 0.314 e. The highest BCUT2D eigenvalue weighted by Crippen LogP contribution is 2.26. The lowest BCUT2D eigenvalue weighted by molar-refractivity contribution is -0.121. The fraction of sp³-hybridized carbons (Fsp3) is 0.400. The zero-order valence-electron chi connectivity index (χ0n) is 12.8. The van der Waals surface area contributed by atoms with Crippen LogP contribution in [0.1, 0.15) is 19.8 Å². The Bertz CT molecular complexity index is 635. The van der Waals surface area contributed by atoms with Crippen LogP contribution in [0.4, 0.5) is 16.2 Å². The summed E-state index contributed by atoms with van der Waals surface area (Å²) in [4.78, 5) is 36.0. The van der Waals surface area contributed by atoms with Gasteiger partial charge in [0.15, 0.2) is 0 Å². The average molecular weight is 339 g/mol. The van der Waals surface area contributed by atoms with Gasteiger partial charge in [-0.2, -0.15) is 0 Å². The number of amides is 4. The topological polar surface area (TPSA) is 105 Å². The highest BCUT2D eigenvalue weighted by Gasteiger charge is 2.27. The van der Waals surface area contributed by atoms with Gasteiger partial charge in [-0.15, -0.1) is 0 Å². The van der Waals surface area contributed by atoms with Crippen LogP contribution >= 0.6 is 11.6 Å². The second kappa shape index (κ2) is 7.32. The summed E-state index contributed by atoms with van der Waals surface area (Å²) in [6.45, 7) is 2.29. The van der Waals surface area contributed by atoms with Crippen LogP contribution < -0.4 is 16.4 Å². The first-order valence-electron chi connectivity index (χ1n) is 7.29. The third kappa shape index (κ3) is 4.59. The van der Waals surface area contributed by atoms with Crippen molar-refractivity contribution in [1.82, 2.24) is 4.90 Å². The van der Waals surface area contributed by atoms with E-state index in [1.54, 1.807) is 18.2 Å². The van der Waals surface area contributed by atoms with Crippen molar-refractivity contribution < 1.29 is 14.4 Å². The summed E-state index contributed by atoms with van der Waals surface area (Å²) < 4.78 is 0. The summed E-state index contributed by atoms with van der Waals surface area (Å²) in [5, 5.41) is 5.70. The SMILES string of the molecule is CC(=O)Nc1ccc(NC(=O)[C@H]2CCCN(C(N)=O)C2)cc1Cl. The molecule has 1 aromatic carbocycles. The monoisotopic (exact) mass is 338 g/mol. The van der Waals surface area contributed by atoms with Crippen LogP contribution in [0.25, 0.3) is 0 Å². The Labute approximate surface area is 139 Å². The van der Waals surface area contributed by atoms with E-state index in [-0.39, 0.29) is 17.7 Å². The number of rotatable bonds is 3. The van der Waals surface area contributed by atoms with Crippen molar-refractivity contribution >= 4 is 40.8 Å². The minimum atomic E-state index is -0.509. The van der Waals surface area contributed by atoms with Gasteiger partial charge in [0.2, 0.25) is 11.8 Å². The molecule has 0 aromatic heterocycles. The molecule has 1 saturated heterocycles. The van der Waals surface area contributed by atoms with Crippen molar-refractivity contribution in [2.45, 2.75) is 19.8 Å². The van der Waals surface area contributed by atoms with E-state index in [9.17, 15) is 14.4 Å². The van der Waals surface area contributed by atoms with E-state index in [4.69, 9.17) is 17.3 Å². The molecule has 23 heavy (non-hydrogen) atoms. The van der Waals surface area contributed by atoms with Crippen molar-refractivity contribution in [3.05, 3.63) is 23.2 Å². The molecule has 4 amide bonds. The first kappa shape index (κ1) is 17.1. The first-order chi connectivity index (χ1) is 10.9. The van der Waals surface area contributed by atoms with E-state index in [2.05, 4.69) is 10.6 Å². The molecule has 1 fully saturated rings. The second-order valence-corrected chi connectivity index (χ2v) is 5.90. The normalized spacial score (nSPS) is 17.5. The lowest BCUT2D eigenvalue weighted by Crippen LogP contribution is -2.46. The van der Waals surface area contributed by atoms with E-state index in [0.29, 0.717) is 35.9 Å². The Hall–Kier alpha value is -2.28. The summed E-state index contributed by atoms with van der Waals surface area (Å²) in [5.74, 6) is -0.707. The van der Waals surface area contributed by atoms with Gasteiger partial charge in [0.1, 0.15) is 0 Å². The minimum Gasteiger partial charge on any atom is -0.351 e. The number of carbonyl (C=O) groups is 3. The van der Waals surface area contributed by atoms with Gasteiger partial charge in [-0.05, 0) is 31.0 Å². The number of carbonyl (C=O) groups excluding carboxylic acids is 3. The molecule has 2 rings (SSSR count). The highest BCUT2D eigenvalue weighted by molar-refractivity contribution is 6.34. The van der Waals surface area contributed by atoms with Gasteiger partial charge in [0.25, 0.3) is 0 Å². The summed E-state index contributed by atoms with van der Waals surface area (Å²) in [6.07, 6.45) is 1.44. The maximum atomic E-state index is 12.3. The number of nitrogens with one attached hydrogen (secondary N) is 2. The van der Waals surface area contributed by atoms with Crippen LogP contribution in [0, 0.1) is 5.92 Å². The molecule has 1 aliphatic heterocycles. The molecule has 8 heteroatoms. The van der Waals surface area contributed by atoms with E-state index in [0.717, 1.165) is 6.42 Å². The Morgan fingerprint density at radius 2 is 2.04 bits per heavy atom. The van der Waals surface area contributed by atoms with E-state index in [1.807, 2.05) is 0 Å². The molecule has 1 aliphatic rings. The van der Waals surface area contributed by atoms with Crippen LogP contribution in [0.2, 0.25) is 5.02 Å². The molecule has 0 bridgehead atoms. The van der Waals surface area contributed by atoms with Crippen LogP contribution in [0.5, 0.6) is 0 Å². The largest absolute Gasteiger partial charge is 0.351 e. The number of likely N-dealkylation sites (tertiary alicyclic amines) is 1. The van der Waals surface area contributed by atoms with E-state index < -0.39 is 6.03 Å². The standard InChI is InChI=1S/C15H19ClN4O3/c1-9(21)18-13-5-4-11(7-12(13)16)19-14(22)10-3-2-6-20(8-10)15(17)23/h4-5,7,10H,2-3,6,8H2,1H3,(H2,17,23)(H,18,21)(H,19,22)/t10-/m0/s1. The molecule has 0 saturated carbocycles. The van der Waals surface area contributed by atoms with Crippen molar-refractivity contribution in [3.8, 4) is 0 Å². The number of piperidine rings is 1. The van der Waals surface area contributed by atoms with Crippen molar-refractivity contribution in [3.63, 3.8) is 0 Å². The molecule has 0 radical (unpaired) electrons. The number of nitrogens with two attached hydrogens (primary N) is 1. The first-order valence-corrected chi connectivity index (χ1v) is 7.67. The van der Waals surface area contributed by atoms with Crippen LogP contribution in [-0.2, 0) is 9.59 Å². The molecule has 1 aromatic rings. The van der Waals surface area contributed by atoms with Gasteiger partial charge in [0, 0.05) is 25.7 Å². The number of hydrogen-bond acceptors (Lipinski definition) is 3. The Balaban J connectivity index is 2.01. The molecule has 0 aliphatic carbocycles. The van der Waals surface area contributed by atoms with Gasteiger partial charge >= 0.3 is 6.03 Å². The number of hydrogen-bond donors (Lipinski definition) is 3. The van der Waals surface area contributed by atoms with Gasteiger partial charge in [-0.3, -0.25) is 9.59 Å². The Kier molecular flexibility index (Phi) is 5.44. The number of nitrogens with zero attached hydrogens (tertiary/aromatic N) is 1. The smallest absolute Gasteiger partial charge is 0.314 e. The molecule has 7 nitrogen and oxygen atoms in total. The number of primary amides is 1. The molecular weight excluding hydrogens is 320 g/mol. The zero-order chi connectivity index (χ0) is 17.0. The fourth-order valence-corrected chi connectivity index (χ4v) is 2.75. The van der Waals surface area contributed by atoms with Gasteiger partial charge in [0.05, 0.1) is 16.6 Å².